The molecular formula is C23H30F4N2O2S. The zero-order chi connectivity index (χ0) is 22.7. The molecule has 2 aliphatic heterocycles. The molecule has 1 aromatic rings. The van der Waals surface area contributed by atoms with Crippen LogP contribution in [0.1, 0.15) is 54.3 Å². The number of alkyl halides is 4. The maximum absolute atomic E-state index is 13.0. The fourth-order valence-corrected chi connectivity index (χ4v) is 7.12. The quantitative estimate of drug-likeness (QED) is 0.623. The van der Waals surface area contributed by atoms with E-state index in [1.165, 1.54) is 16.9 Å². The van der Waals surface area contributed by atoms with E-state index in [4.69, 9.17) is 4.74 Å². The Hall–Kier alpha value is -1.19. The van der Waals surface area contributed by atoms with Crippen molar-refractivity contribution < 1.29 is 27.1 Å². The van der Waals surface area contributed by atoms with Crippen LogP contribution in [0.2, 0.25) is 0 Å². The van der Waals surface area contributed by atoms with Crippen molar-refractivity contribution in [3.8, 4) is 0 Å². The predicted octanol–water partition coefficient (Wildman–Crippen LogP) is 4.36. The van der Waals surface area contributed by atoms with Crippen molar-refractivity contribution in [3.05, 3.63) is 21.4 Å². The molecule has 0 aromatic carbocycles. The Morgan fingerprint density at radius 3 is 2.75 bits per heavy atom. The summed E-state index contributed by atoms with van der Waals surface area (Å²) in [6.07, 6.45) is 1.32. The van der Waals surface area contributed by atoms with Crippen molar-refractivity contribution in [2.24, 2.45) is 11.8 Å². The lowest BCUT2D eigenvalue weighted by molar-refractivity contribution is -0.126. The van der Waals surface area contributed by atoms with Crippen LogP contribution in [0, 0.1) is 11.8 Å². The molecule has 4 nitrogen and oxygen atoms in total. The van der Waals surface area contributed by atoms with Crippen LogP contribution in [-0.2, 0) is 28.0 Å². The Labute approximate surface area is 189 Å². The molecule has 1 amide bonds. The first-order chi connectivity index (χ1) is 15.1. The summed E-state index contributed by atoms with van der Waals surface area (Å²) < 4.78 is 58.1. The van der Waals surface area contributed by atoms with Gasteiger partial charge in [0.15, 0.2) is 0 Å². The molecule has 3 fully saturated rings. The summed E-state index contributed by atoms with van der Waals surface area (Å²) in [6, 6.07) is 2.27. The third kappa shape index (κ3) is 4.32. The number of hydrogen-bond donors (Lipinski definition) is 1. The van der Waals surface area contributed by atoms with Crippen molar-refractivity contribution in [1.29, 1.82) is 0 Å². The number of ether oxygens (including phenoxy) is 1. The molecule has 0 radical (unpaired) electrons. The zero-order valence-corrected chi connectivity index (χ0v) is 19.0. The first-order valence-electron chi connectivity index (χ1n) is 11.6. The smallest absolute Gasteiger partial charge is 0.260 e. The van der Waals surface area contributed by atoms with Crippen molar-refractivity contribution in [3.63, 3.8) is 0 Å². The SMILES string of the molecule is C[C@H]1C[C@@]2(CCN1CC1CC(NC(=O)C3CC3(F)F)C1)OCCc1cc(CC(F)F)sc12. The van der Waals surface area contributed by atoms with E-state index in [0.717, 1.165) is 54.9 Å². The van der Waals surface area contributed by atoms with Crippen LogP contribution in [0.25, 0.3) is 0 Å². The van der Waals surface area contributed by atoms with Crippen molar-refractivity contribution in [2.75, 3.05) is 19.7 Å². The van der Waals surface area contributed by atoms with E-state index in [-0.39, 0.29) is 24.5 Å². The molecule has 2 saturated carbocycles. The Balaban J connectivity index is 1.14. The van der Waals surface area contributed by atoms with Crippen LogP contribution in [0.3, 0.4) is 0 Å². The molecule has 1 aromatic heterocycles. The molecule has 4 aliphatic rings. The normalized spacial score (nSPS) is 36.1. The van der Waals surface area contributed by atoms with E-state index < -0.39 is 24.2 Å². The molecule has 1 saturated heterocycles. The summed E-state index contributed by atoms with van der Waals surface area (Å²) >= 11 is 1.50. The van der Waals surface area contributed by atoms with Crippen LogP contribution < -0.4 is 5.32 Å². The number of fused-ring (bicyclic) bond motifs is 2. The van der Waals surface area contributed by atoms with E-state index in [1.807, 2.05) is 6.07 Å². The van der Waals surface area contributed by atoms with Crippen LogP contribution in [0.15, 0.2) is 6.07 Å². The van der Waals surface area contributed by atoms with Gasteiger partial charge in [0.1, 0.15) is 11.5 Å². The Bertz CT molecular complexity index is 872. The lowest BCUT2D eigenvalue weighted by Gasteiger charge is -2.49. The highest BCUT2D eigenvalue weighted by atomic mass is 32.1. The molecule has 3 atom stereocenters. The van der Waals surface area contributed by atoms with E-state index in [0.29, 0.717) is 18.6 Å². The van der Waals surface area contributed by atoms with Crippen LogP contribution in [0.5, 0.6) is 0 Å². The van der Waals surface area contributed by atoms with Gasteiger partial charge >= 0.3 is 0 Å². The lowest BCUT2D eigenvalue weighted by Crippen LogP contribution is -2.54. The number of nitrogens with zero attached hydrogens (tertiary/aromatic N) is 1. The van der Waals surface area contributed by atoms with Gasteiger partial charge in [-0.05, 0) is 56.6 Å². The summed E-state index contributed by atoms with van der Waals surface area (Å²) in [4.78, 5) is 16.2. The number of halogens is 4. The largest absolute Gasteiger partial charge is 0.369 e. The van der Waals surface area contributed by atoms with Gasteiger partial charge in [0.2, 0.25) is 12.3 Å². The maximum atomic E-state index is 13.0. The molecule has 1 spiro atoms. The van der Waals surface area contributed by atoms with Crippen molar-refractivity contribution in [1.82, 2.24) is 10.2 Å². The zero-order valence-electron chi connectivity index (χ0n) is 18.2. The van der Waals surface area contributed by atoms with Gasteiger partial charge in [0.05, 0.1) is 6.61 Å². The fraction of sp³-hybridized carbons (Fsp3) is 0.783. The third-order valence-electron chi connectivity index (χ3n) is 7.65. The molecule has 1 N–H and O–H groups in total. The van der Waals surface area contributed by atoms with Crippen LogP contribution in [-0.4, -0.2) is 54.9 Å². The van der Waals surface area contributed by atoms with Gasteiger partial charge in [-0.15, -0.1) is 11.3 Å². The molecule has 9 heteroatoms. The molecule has 3 heterocycles. The highest BCUT2D eigenvalue weighted by Gasteiger charge is 2.61. The number of piperidine rings is 1. The first-order valence-corrected chi connectivity index (χ1v) is 12.4. The van der Waals surface area contributed by atoms with Gasteiger partial charge in [0, 0.05) is 47.8 Å². The second-order valence-electron chi connectivity index (χ2n) is 10.1. The first kappa shape index (κ1) is 22.6. The standard InChI is InChI=1S/C23H30F4N2O2S/c1-13-10-22(20-15(2-5-31-22)8-17(32-20)9-19(24)25)3-4-29(13)12-14-6-16(7-14)28-21(30)18-11-23(18,26)27/h8,13-14,16,18-19H,2-7,9-12H2,1H3,(H,28,30)/t13-,14?,16?,18?,22+/m0/s1. The monoisotopic (exact) mass is 474 g/mol. The summed E-state index contributed by atoms with van der Waals surface area (Å²) in [7, 11) is 0. The minimum absolute atomic E-state index is 0.0129. The molecule has 178 valence electrons. The average Bonchev–Trinajstić information content (AvgIpc) is 3.12. The molecule has 5 rings (SSSR count). The number of carbonyl (C=O) groups is 1. The van der Waals surface area contributed by atoms with E-state index >= 15 is 0 Å². The number of amides is 1. The maximum Gasteiger partial charge on any atom is 0.260 e. The molecule has 2 aliphatic carbocycles. The van der Waals surface area contributed by atoms with Crippen LogP contribution in [0.4, 0.5) is 17.6 Å². The number of likely N-dealkylation sites (tertiary alicyclic amines) is 1. The summed E-state index contributed by atoms with van der Waals surface area (Å²) in [5, 5.41) is 2.78. The second-order valence-corrected chi connectivity index (χ2v) is 11.3. The minimum atomic E-state index is -2.81. The van der Waals surface area contributed by atoms with Gasteiger partial charge in [-0.2, -0.15) is 0 Å². The molecule has 1 unspecified atom stereocenters. The Morgan fingerprint density at radius 2 is 2.09 bits per heavy atom. The molecule has 32 heavy (non-hydrogen) atoms. The fourth-order valence-electron chi connectivity index (χ4n) is 5.73. The summed E-state index contributed by atoms with van der Waals surface area (Å²) in [6.45, 7) is 4.63. The minimum Gasteiger partial charge on any atom is -0.369 e. The van der Waals surface area contributed by atoms with Gasteiger partial charge in [-0.25, -0.2) is 17.6 Å². The van der Waals surface area contributed by atoms with E-state index in [2.05, 4.69) is 17.1 Å². The van der Waals surface area contributed by atoms with Gasteiger partial charge < -0.3 is 15.0 Å². The van der Waals surface area contributed by atoms with E-state index in [9.17, 15) is 22.4 Å². The Morgan fingerprint density at radius 1 is 1.34 bits per heavy atom. The van der Waals surface area contributed by atoms with Crippen molar-refractivity contribution >= 4 is 17.2 Å². The number of hydrogen-bond acceptors (Lipinski definition) is 4. The van der Waals surface area contributed by atoms with E-state index in [1.54, 1.807) is 0 Å². The lowest BCUT2D eigenvalue weighted by atomic mass is 9.77. The predicted molar refractivity (Wildman–Crippen MR) is 113 cm³/mol. The summed E-state index contributed by atoms with van der Waals surface area (Å²) in [5.74, 6) is -3.98. The molecular weight excluding hydrogens is 444 g/mol. The van der Waals surface area contributed by atoms with Gasteiger partial charge in [-0.3, -0.25) is 4.79 Å². The number of carbonyl (C=O) groups excluding carboxylic acids is 1. The number of thiophene rings is 1. The second kappa shape index (κ2) is 8.24. The van der Waals surface area contributed by atoms with Crippen LogP contribution >= 0.6 is 11.3 Å². The van der Waals surface area contributed by atoms with Gasteiger partial charge in [0.25, 0.3) is 5.92 Å². The topological polar surface area (TPSA) is 41.6 Å². The van der Waals surface area contributed by atoms with Crippen molar-refractivity contribution in [2.45, 2.75) is 81.9 Å². The highest BCUT2D eigenvalue weighted by molar-refractivity contribution is 7.12. The third-order valence-corrected chi connectivity index (χ3v) is 9.03. The average molecular weight is 475 g/mol. The molecule has 0 bridgehead atoms. The van der Waals surface area contributed by atoms with Gasteiger partial charge in [-0.1, -0.05) is 0 Å². The highest BCUT2D eigenvalue weighted by Crippen LogP contribution is 2.49. The Kier molecular flexibility index (Phi) is 5.82. The number of nitrogens with one attached hydrogen (secondary N) is 1. The summed E-state index contributed by atoms with van der Waals surface area (Å²) in [5.41, 5.74) is 0.816. The number of rotatable bonds is 6.